The fraction of sp³-hybridized carbons (Fsp3) is 0.200. The minimum absolute atomic E-state index is 0.276. The lowest BCUT2D eigenvalue weighted by Crippen LogP contribution is -2.48. The molecule has 0 unspecified atom stereocenters. The van der Waals surface area contributed by atoms with Crippen molar-refractivity contribution >= 4 is 56.8 Å². The molecule has 7 rings (SSSR count). The Bertz CT molecular complexity index is 2010. The number of fused-ring (bicyclic) bond motifs is 1. The molecule has 1 fully saturated rings. The van der Waals surface area contributed by atoms with Gasteiger partial charge in [-0.2, -0.15) is 0 Å². The summed E-state index contributed by atoms with van der Waals surface area (Å²) in [5.41, 5.74) is 6.34. The third-order valence-corrected chi connectivity index (χ3v) is 9.27. The number of halogens is 1. The van der Waals surface area contributed by atoms with Gasteiger partial charge >= 0.3 is 0 Å². The number of carbonyl (C=O) groups excluding carboxylic acids is 1. The Kier molecular flexibility index (Phi) is 8.40. The second-order valence-corrected chi connectivity index (χ2v) is 12.7. The summed E-state index contributed by atoms with van der Waals surface area (Å²) in [4.78, 5) is 33.2. The predicted octanol–water partition coefficient (Wildman–Crippen LogP) is 7.70. The maximum atomic E-state index is 13.0. The van der Waals surface area contributed by atoms with Crippen LogP contribution in [0.4, 0.5) is 23.0 Å². The van der Waals surface area contributed by atoms with E-state index in [1.807, 2.05) is 52.4 Å². The largest absolute Gasteiger partial charge is 0.369 e. The van der Waals surface area contributed by atoms with Crippen LogP contribution < -0.4 is 15.5 Å². The molecule has 4 heterocycles. The van der Waals surface area contributed by atoms with Gasteiger partial charge in [-0.1, -0.05) is 41.9 Å². The molecule has 0 radical (unpaired) electrons. The summed E-state index contributed by atoms with van der Waals surface area (Å²) in [6, 6.07) is 25.5. The highest BCUT2D eigenvalue weighted by Crippen LogP contribution is 2.35. The third kappa shape index (κ3) is 6.19. The first kappa shape index (κ1) is 29.9. The maximum absolute atomic E-state index is 13.0. The van der Waals surface area contributed by atoms with Crippen LogP contribution in [0.25, 0.3) is 27.6 Å². The lowest BCUT2D eigenvalue weighted by molar-refractivity contribution is 0.102. The zero-order valence-corrected chi connectivity index (χ0v) is 27.1. The maximum Gasteiger partial charge on any atom is 0.257 e. The number of anilines is 4. The molecule has 1 aliphatic rings. The number of rotatable bonds is 8. The minimum atomic E-state index is -0.276. The fourth-order valence-corrected chi connectivity index (χ4v) is 6.71. The predicted molar refractivity (Wildman–Crippen MR) is 188 cm³/mol. The van der Waals surface area contributed by atoms with Crippen LogP contribution in [0.3, 0.4) is 0 Å². The molecule has 1 aliphatic heterocycles. The molecule has 232 valence electrons. The van der Waals surface area contributed by atoms with Crippen LogP contribution in [0.15, 0.2) is 96.6 Å². The topological polar surface area (TPSA) is 90.7 Å². The van der Waals surface area contributed by atoms with E-state index in [4.69, 9.17) is 21.6 Å². The van der Waals surface area contributed by atoms with E-state index in [0.717, 1.165) is 59.5 Å². The average molecular weight is 649 g/mol. The molecular weight excluding hydrogens is 616 g/mol. The zero-order chi connectivity index (χ0) is 31.6. The number of imidazole rings is 1. The number of piperazine rings is 1. The first-order chi connectivity index (χ1) is 22.4. The van der Waals surface area contributed by atoms with Crippen LogP contribution in [-0.2, 0) is 0 Å². The van der Waals surface area contributed by atoms with Gasteiger partial charge in [0.1, 0.15) is 5.69 Å². The van der Waals surface area contributed by atoms with Gasteiger partial charge in [0.25, 0.3) is 5.91 Å². The molecule has 0 bridgehead atoms. The number of hydrogen-bond donors (Lipinski definition) is 2. The van der Waals surface area contributed by atoms with Crippen molar-refractivity contribution in [1.29, 1.82) is 0 Å². The summed E-state index contributed by atoms with van der Waals surface area (Å²) < 4.78 is 2.04. The van der Waals surface area contributed by atoms with E-state index in [9.17, 15) is 4.79 Å². The van der Waals surface area contributed by atoms with Crippen LogP contribution in [0.5, 0.6) is 0 Å². The summed E-state index contributed by atoms with van der Waals surface area (Å²) in [6.45, 7) is 8.62. The summed E-state index contributed by atoms with van der Waals surface area (Å²) in [6.07, 6.45) is 3.75. The van der Waals surface area contributed by atoms with Crippen molar-refractivity contribution in [3.8, 4) is 22.6 Å². The van der Waals surface area contributed by atoms with Crippen LogP contribution in [0, 0.1) is 0 Å². The number of benzene rings is 3. The first-order valence-electron chi connectivity index (χ1n) is 15.2. The Hall–Kier alpha value is -4.77. The van der Waals surface area contributed by atoms with Gasteiger partial charge in [0.2, 0.25) is 5.95 Å². The lowest BCUT2D eigenvalue weighted by Gasteiger charge is -2.38. The molecule has 0 atom stereocenters. The summed E-state index contributed by atoms with van der Waals surface area (Å²) in [5, 5.41) is 8.79. The molecule has 0 saturated carbocycles. The monoisotopic (exact) mass is 648 g/mol. The molecule has 3 aromatic carbocycles. The molecule has 1 amide bonds. The van der Waals surface area contributed by atoms with Gasteiger partial charge in [-0.3, -0.25) is 14.1 Å². The van der Waals surface area contributed by atoms with Crippen LogP contribution >= 0.6 is 22.9 Å². The van der Waals surface area contributed by atoms with Crippen LogP contribution in [0.2, 0.25) is 5.02 Å². The molecule has 11 heteroatoms. The zero-order valence-electron chi connectivity index (χ0n) is 25.5. The van der Waals surface area contributed by atoms with E-state index < -0.39 is 0 Å². The molecule has 0 aliphatic carbocycles. The molecule has 6 aromatic rings. The Morgan fingerprint density at radius 2 is 1.72 bits per heavy atom. The van der Waals surface area contributed by atoms with E-state index in [2.05, 4.69) is 57.5 Å². The van der Waals surface area contributed by atoms with E-state index in [0.29, 0.717) is 28.3 Å². The van der Waals surface area contributed by atoms with Crippen LogP contribution in [-0.4, -0.2) is 62.4 Å². The van der Waals surface area contributed by atoms with Crippen molar-refractivity contribution in [2.45, 2.75) is 19.9 Å². The van der Waals surface area contributed by atoms with Gasteiger partial charge in [-0.25, -0.2) is 15.0 Å². The SMILES string of the molecule is CC(C)N1CCN(c2cccc(Nc3nccc(-c4c(-c5cccc(NC(=O)c6ccccc6Cl)c5)nc5sccn45)n3)c2)CC1. The summed E-state index contributed by atoms with van der Waals surface area (Å²) in [7, 11) is 0. The number of carbonyl (C=O) groups is 1. The number of amides is 1. The van der Waals surface area contributed by atoms with Gasteiger partial charge in [-0.15, -0.1) is 11.3 Å². The fourth-order valence-electron chi connectivity index (χ4n) is 5.78. The van der Waals surface area contributed by atoms with E-state index in [1.54, 1.807) is 41.8 Å². The molecular formula is C35H33ClN8OS. The number of aromatic nitrogens is 4. The average Bonchev–Trinajstić information content (AvgIpc) is 3.67. The molecule has 3 aromatic heterocycles. The smallest absolute Gasteiger partial charge is 0.257 e. The minimum Gasteiger partial charge on any atom is -0.369 e. The Morgan fingerprint density at radius 3 is 2.54 bits per heavy atom. The van der Waals surface area contributed by atoms with Crippen molar-refractivity contribution in [3.05, 3.63) is 107 Å². The number of thiazole rings is 1. The summed E-state index contributed by atoms with van der Waals surface area (Å²) in [5.74, 6) is 0.221. The van der Waals surface area contributed by atoms with Crippen LogP contribution in [0.1, 0.15) is 24.2 Å². The first-order valence-corrected chi connectivity index (χ1v) is 16.5. The Labute approximate surface area is 276 Å². The Morgan fingerprint density at radius 1 is 0.913 bits per heavy atom. The quantitative estimate of drug-likeness (QED) is 0.175. The van der Waals surface area contributed by atoms with Gasteiger partial charge < -0.3 is 15.5 Å². The normalized spacial score (nSPS) is 13.8. The van der Waals surface area contributed by atoms with Gasteiger partial charge in [-0.05, 0) is 62.4 Å². The lowest BCUT2D eigenvalue weighted by atomic mass is 10.1. The van der Waals surface area contributed by atoms with Gasteiger partial charge in [0.15, 0.2) is 4.96 Å². The number of nitrogens with one attached hydrogen (secondary N) is 2. The van der Waals surface area contributed by atoms with Crippen molar-refractivity contribution in [2.24, 2.45) is 0 Å². The molecule has 46 heavy (non-hydrogen) atoms. The number of hydrogen-bond acceptors (Lipinski definition) is 8. The van der Waals surface area contributed by atoms with Crippen molar-refractivity contribution in [3.63, 3.8) is 0 Å². The second kappa shape index (κ2) is 12.9. The Balaban J connectivity index is 1.15. The highest BCUT2D eigenvalue weighted by Gasteiger charge is 2.21. The van der Waals surface area contributed by atoms with E-state index in [1.165, 1.54) is 5.69 Å². The summed E-state index contributed by atoms with van der Waals surface area (Å²) >= 11 is 7.81. The van der Waals surface area contributed by atoms with Gasteiger partial charge in [0.05, 0.1) is 22.0 Å². The standard InChI is InChI=1S/C35H33ClN8OS/c1-23(2)42-15-17-43(18-16-42)27-10-6-9-26(22-27)39-34-37-14-13-30(40-34)32-31(41-35-44(32)19-20-46-35)24-7-5-8-25(21-24)38-33(45)28-11-3-4-12-29(28)36/h3-14,19-23H,15-18H2,1-2H3,(H,38,45)(H,37,39,40). The number of nitrogens with zero attached hydrogens (tertiary/aromatic N) is 6. The van der Waals surface area contributed by atoms with Crippen molar-refractivity contribution in [2.75, 3.05) is 41.7 Å². The second-order valence-electron chi connectivity index (χ2n) is 11.4. The van der Waals surface area contributed by atoms with Crippen molar-refractivity contribution in [1.82, 2.24) is 24.3 Å². The molecule has 9 nitrogen and oxygen atoms in total. The highest BCUT2D eigenvalue weighted by atomic mass is 35.5. The third-order valence-electron chi connectivity index (χ3n) is 8.18. The van der Waals surface area contributed by atoms with Crippen molar-refractivity contribution < 1.29 is 4.79 Å². The molecule has 2 N–H and O–H groups in total. The molecule has 0 spiro atoms. The van der Waals surface area contributed by atoms with E-state index >= 15 is 0 Å². The van der Waals surface area contributed by atoms with Gasteiger partial charge in [0, 0.05) is 72.6 Å². The van der Waals surface area contributed by atoms with E-state index in [-0.39, 0.29) is 5.91 Å². The highest BCUT2D eigenvalue weighted by molar-refractivity contribution is 7.15. The molecule has 1 saturated heterocycles.